The van der Waals surface area contributed by atoms with Gasteiger partial charge in [0.25, 0.3) is 5.56 Å². The number of aryl methyl sites for hydroxylation is 1. The van der Waals surface area contributed by atoms with Gasteiger partial charge in [-0.25, -0.2) is 4.98 Å². The van der Waals surface area contributed by atoms with E-state index < -0.39 is 0 Å². The summed E-state index contributed by atoms with van der Waals surface area (Å²) in [6, 6.07) is 17.2. The number of rotatable bonds is 6. The minimum Gasteiger partial charge on any atom is -0.352 e. The van der Waals surface area contributed by atoms with Crippen LogP contribution >= 0.6 is 0 Å². The summed E-state index contributed by atoms with van der Waals surface area (Å²) >= 11 is 0. The van der Waals surface area contributed by atoms with E-state index in [-0.39, 0.29) is 11.5 Å². The van der Waals surface area contributed by atoms with E-state index in [0.29, 0.717) is 37.1 Å². The van der Waals surface area contributed by atoms with Crippen LogP contribution in [-0.4, -0.2) is 19.9 Å². The molecule has 0 atom stereocenters. The number of nitrogens with one attached hydrogen (secondary N) is 1. The van der Waals surface area contributed by atoms with Crippen molar-refractivity contribution >= 4 is 22.6 Å². The van der Waals surface area contributed by atoms with Crippen LogP contribution in [0.4, 0.5) is 0 Å². The summed E-state index contributed by atoms with van der Waals surface area (Å²) in [5, 5.41) is 2.92. The van der Waals surface area contributed by atoms with Crippen molar-refractivity contribution in [1.82, 2.24) is 19.3 Å². The van der Waals surface area contributed by atoms with Gasteiger partial charge in [-0.3, -0.25) is 14.2 Å². The molecule has 0 saturated carbocycles. The zero-order valence-electron chi connectivity index (χ0n) is 14.8. The van der Waals surface area contributed by atoms with E-state index in [0.717, 1.165) is 11.1 Å². The fourth-order valence-electron chi connectivity index (χ4n) is 3.27. The number of amides is 1. The van der Waals surface area contributed by atoms with E-state index in [4.69, 9.17) is 0 Å². The number of carbonyl (C=O) groups is 1. The maximum atomic E-state index is 12.8. The molecule has 0 aliphatic heterocycles. The molecule has 1 N–H and O–H groups in total. The maximum absolute atomic E-state index is 12.8. The molecule has 3 heterocycles. The van der Waals surface area contributed by atoms with Gasteiger partial charge >= 0.3 is 0 Å². The number of pyridine rings is 1. The van der Waals surface area contributed by atoms with Crippen molar-refractivity contribution in [2.24, 2.45) is 0 Å². The summed E-state index contributed by atoms with van der Waals surface area (Å²) in [4.78, 5) is 29.3. The van der Waals surface area contributed by atoms with Crippen LogP contribution in [0.2, 0.25) is 0 Å². The highest BCUT2D eigenvalue weighted by Crippen LogP contribution is 2.13. The van der Waals surface area contributed by atoms with Gasteiger partial charge in [-0.1, -0.05) is 30.3 Å². The van der Waals surface area contributed by atoms with Crippen LogP contribution in [0.25, 0.3) is 16.7 Å². The van der Waals surface area contributed by atoms with Gasteiger partial charge < -0.3 is 9.72 Å². The smallest absolute Gasteiger partial charge is 0.276 e. The number of hydrogen-bond acceptors (Lipinski definition) is 3. The Labute approximate surface area is 156 Å². The third kappa shape index (κ3) is 3.46. The Morgan fingerprint density at radius 2 is 1.81 bits per heavy atom. The molecule has 0 aliphatic rings. The number of aromatic nitrogens is 3. The van der Waals surface area contributed by atoms with E-state index in [9.17, 15) is 9.59 Å². The van der Waals surface area contributed by atoms with E-state index in [1.54, 1.807) is 16.8 Å². The van der Waals surface area contributed by atoms with E-state index in [1.165, 1.54) is 0 Å². The lowest BCUT2D eigenvalue weighted by Crippen LogP contribution is -2.26. The van der Waals surface area contributed by atoms with E-state index in [2.05, 4.69) is 10.3 Å². The molecule has 4 aromatic rings. The molecule has 0 aliphatic carbocycles. The van der Waals surface area contributed by atoms with Gasteiger partial charge in [0, 0.05) is 31.9 Å². The first kappa shape index (κ1) is 17.0. The fraction of sp³-hybridized carbons (Fsp3) is 0.190. The SMILES string of the molecule is O=C(CCCn1c(=O)c2cccn2c2cccnc21)NCc1ccccc1. The van der Waals surface area contributed by atoms with E-state index >= 15 is 0 Å². The van der Waals surface area contributed by atoms with Crippen molar-refractivity contribution in [3.8, 4) is 0 Å². The van der Waals surface area contributed by atoms with Crippen molar-refractivity contribution in [2.45, 2.75) is 25.9 Å². The molecule has 0 unspecified atom stereocenters. The van der Waals surface area contributed by atoms with Crippen molar-refractivity contribution in [2.75, 3.05) is 0 Å². The lowest BCUT2D eigenvalue weighted by molar-refractivity contribution is -0.121. The second-order valence-electron chi connectivity index (χ2n) is 6.43. The second kappa shape index (κ2) is 7.45. The lowest BCUT2D eigenvalue weighted by Gasteiger charge is -2.11. The number of nitrogens with zero attached hydrogens (tertiary/aromatic N) is 3. The van der Waals surface area contributed by atoms with Crippen LogP contribution in [0.15, 0.2) is 71.8 Å². The van der Waals surface area contributed by atoms with Crippen LogP contribution in [-0.2, 0) is 17.9 Å². The minimum atomic E-state index is -0.0871. The van der Waals surface area contributed by atoms with Gasteiger partial charge in [0.1, 0.15) is 5.52 Å². The van der Waals surface area contributed by atoms with Gasteiger partial charge in [0.05, 0.1) is 5.52 Å². The molecule has 1 amide bonds. The van der Waals surface area contributed by atoms with Gasteiger partial charge in [-0.15, -0.1) is 0 Å². The molecule has 4 rings (SSSR count). The van der Waals surface area contributed by atoms with Crippen LogP contribution < -0.4 is 10.9 Å². The Bertz CT molecular complexity index is 1150. The molecule has 6 heteroatoms. The van der Waals surface area contributed by atoms with Gasteiger partial charge in [0.2, 0.25) is 5.91 Å². The Morgan fingerprint density at radius 1 is 1.00 bits per heavy atom. The highest BCUT2D eigenvalue weighted by atomic mass is 16.1. The van der Waals surface area contributed by atoms with Crippen LogP contribution in [0, 0.1) is 0 Å². The summed E-state index contributed by atoms with van der Waals surface area (Å²) < 4.78 is 3.52. The molecule has 0 radical (unpaired) electrons. The maximum Gasteiger partial charge on any atom is 0.276 e. The summed E-state index contributed by atoms with van der Waals surface area (Å²) in [6.45, 7) is 0.965. The monoisotopic (exact) mass is 360 g/mol. The summed E-state index contributed by atoms with van der Waals surface area (Å²) in [6.07, 6.45) is 4.48. The molecule has 27 heavy (non-hydrogen) atoms. The topological polar surface area (TPSA) is 68.4 Å². The molecule has 6 nitrogen and oxygen atoms in total. The van der Waals surface area contributed by atoms with Crippen LogP contribution in [0.5, 0.6) is 0 Å². The van der Waals surface area contributed by atoms with Crippen LogP contribution in [0.3, 0.4) is 0 Å². The first-order valence-corrected chi connectivity index (χ1v) is 8.99. The zero-order chi connectivity index (χ0) is 18.6. The summed E-state index contributed by atoms with van der Waals surface area (Å²) in [5.74, 6) is -0.0204. The first-order chi connectivity index (χ1) is 13.2. The van der Waals surface area contributed by atoms with Crippen molar-refractivity contribution in [3.63, 3.8) is 0 Å². The average Bonchev–Trinajstić information content (AvgIpc) is 3.20. The molecule has 0 bridgehead atoms. The molecule has 0 saturated heterocycles. The Kier molecular flexibility index (Phi) is 4.70. The van der Waals surface area contributed by atoms with Gasteiger partial charge in [-0.05, 0) is 36.2 Å². The number of fused-ring (bicyclic) bond motifs is 3. The molecule has 0 fully saturated rings. The van der Waals surface area contributed by atoms with Gasteiger partial charge in [0.15, 0.2) is 5.65 Å². The number of benzene rings is 1. The summed E-state index contributed by atoms with van der Waals surface area (Å²) in [5.41, 5.74) is 3.11. The lowest BCUT2D eigenvalue weighted by atomic mass is 10.2. The molecule has 1 aromatic carbocycles. The highest BCUT2D eigenvalue weighted by molar-refractivity contribution is 5.76. The van der Waals surface area contributed by atoms with E-state index in [1.807, 2.05) is 59.1 Å². The van der Waals surface area contributed by atoms with Crippen molar-refractivity contribution < 1.29 is 4.79 Å². The number of carbonyl (C=O) groups excluding carboxylic acids is 1. The third-order valence-corrected chi connectivity index (χ3v) is 4.61. The van der Waals surface area contributed by atoms with Gasteiger partial charge in [-0.2, -0.15) is 0 Å². The Balaban J connectivity index is 1.46. The zero-order valence-corrected chi connectivity index (χ0v) is 14.8. The molecule has 136 valence electrons. The predicted octanol–water partition coefficient (Wildman–Crippen LogP) is 2.75. The largest absolute Gasteiger partial charge is 0.352 e. The Hall–Kier alpha value is -3.41. The van der Waals surface area contributed by atoms with Crippen LogP contribution in [0.1, 0.15) is 18.4 Å². The molecule has 3 aromatic heterocycles. The molecular formula is C21H20N4O2. The fourth-order valence-corrected chi connectivity index (χ4v) is 3.27. The predicted molar refractivity (Wildman–Crippen MR) is 104 cm³/mol. The summed E-state index contributed by atoms with van der Waals surface area (Å²) in [7, 11) is 0. The Morgan fingerprint density at radius 3 is 2.67 bits per heavy atom. The van der Waals surface area contributed by atoms with Crippen molar-refractivity contribution in [1.29, 1.82) is 0 Å². The molecular weight excluding hydrogens is 340 g/mol. The highest BCUT2D eigenvalue weighted by Gasteiger charge is 2.11. The third-order valence-electron chi connectivity index (χ3n) is 4.61. The normalized spacial score (nSPS) is 11.1. The molecule has 0 spiro atoms. The van der Waals surface area contributed by atoms with Crippen molar-refractivity contribution in [3.05, 3.63) is 82.9 Å². The average molecular weight is 360 g/mol. The quantitative estimate of drug-likeness (QED) is 0.575. The minimum absolute atomic E-state index is 0.0204. The first-order valence-electron chi connectivity index (χ1n) is 8.99. The standard InChI is InChI=1S/C21H20N4O2/c26-19(23-15-16-7-2-1-3-8-16)11-6-14-25-20-17(9-4-12-22-20)24-13-5-10-18(24)21(25)27/h1-5,7-10,12-13H,6,11,14-15H2,(H,23,26). The number of hydrogen-bond donors (Lipinski definition) is 1. The second-order valence-corrected chi connectivity index (χ2v) is 6.43.